The van der Waals surface area contributed by atoms with Crippen molar-refractivity contribution in [2.75, 3.05) is 39.3 Å². The van der Waals surface area contributed by atoms with Gasteiger partial charge in [0.25, 0.3) is 10.0 Å². The minimum Gasteiger partial charge on any atom is -0.492 e. The molecule has 9 heteroatoms. The number of piperazine rings is 1. The van der Waals surface area contributed by atoms with Gasteiger partial charge in [-0.2, -0.15) is 0 Å². The predicted molar refractivity (Wildman–Crippen MR) is 132 cm³/mol. The van der Waals surface area contributed by atoms with Crippen LogP contribution in [0.5, 0.6) is 5.75 Å². The summed E-state index contributed by atoms with van der Waals surface area (Å²) in [5.41, 5.74) is 0.520. The number of hydrogen-bond acceptors (Lipinski definition) is 6. The summed E-state index contributed by atoms with van der Waals surface area (Å²) in [5.74, 6) is 1.04. The first kappa shape index (κ1) is 24.2. The van der Waals surface area contributed by atoms with Crippen LogP contribution in [-0.2, 0) is 14.8 Å². The van der Waals surface area contributed by atoms with Crippen molar-refractivity contribution in [3.8, 4) is 5.75 Å². The lowest BCUT2D eigenvalue weighted by Gasteiger charge is -2.36. The monoisotopic (exact) mass is 484 g/mol. The number of nitrogens with zero attached hydrogens (tertiary/aromatic N) is 3. The summed E-state index contributed by atoms with van der Waals surface area (Å²) in [5, 5.41) is 0. The van der Waals surface area contributed by atoms with Gasteiger partial charge in [0, 0.05) is 38.3 Å². The summed E-state index contributed by atoms with van der Waals surface area (Å²) in [6, 6.07) is 15.8. The van der Waals surface area contributed by atoms with Crippen LogP contribution in [0.4, 0.5) is 0 Å². The van der Waals surface area contributed by atoms with Gasteiger partial charge in [-0.25, -0.2) is 8.42 Å². The van der Waals surface area contributed by atoms with E-state index >= 15 is 0 Å². The Kier molecular flexibility index (Phi) is 7.53. The smallest absolute Gasteiger partial charge is 0.263 e. The van der Waals surface area contributed by atoms with E-state index in [0.29, 0.717) is 25.3 Å². The number of nitrogens with one attached hydrogen (secondary N) is 1. The summed E-state index contributed by atoms with van der Waals surface area (Å²) in [4.78, 5) is 22.5. The van der Waals surface area contributed by atoms with Crippen LogP contribution in [0.25, 0.3) is 0 Å². The zero-order valence-corrected chi connectivity index (χ0v) is 20.5. The molecule has 1 fully saturated rings. The van der Waals surface area contributed by atoms with Crippen LogP contribution in [0.3, 0.4) is 0 Å². The van der Waals surface area contributed by atoms with Crippen molar-refractivity contribution in [1.82, 2.24) is 14.5 Å². The number of ether oxygens (including phenoxy) is 1. The highest BCUT2D eigenvalue weighted by Gasteiger charge is 2.35. The molecule has 0 bridgehead atoms. The Labute approximate surface area is 201 Å². The molecule has 0 spiro atoms. The number of hydrogen-bond donors (Lipinski definition) is 1. The van der Waals surface area contributed by atoms with E-state index in [2.05, 4.69) is 14.6 Å². The SMILES string of the molecule is CC[C@H](C)[C@H](N=C1NS(=O)(=O)c2ccccc21)C(=O)N1CCN(CCOc2ccccc2)CC1. The topological polar surface area (TPSA) is 91.3 Å². The van der Waals surface area contributed by atoms with Crippen LogP contribution in [0.2, 0.25) is 0 Å². The van der Waals surface area contributed by atoms with E-state index < -0.39 is 16.1 Å². The lowest BCUT2D eigenvalue weighted by Crippen LogP contribution is -2.52. The number of sulfonamides is 1. The Morgan fingerprint density at radius 1 is 1.06 bits per heavy atom. The Hall–Kier alpha value is -2.91. The zero-order chi connectivity index (χ0) is 24.1. The average molecular weight is 485 g/mol. The predicted octanol–water partition coefficient (Wildman–Crippen LogP) is 2.36. The maximum atomic E-state index is 13.5. The number of aliphatic imine (C=N–C) groups is 1. The van der Waals surface area contributed by atoms with Gasteiger partial charge in [0.1, 0.15) is 24.2 Å². The molecule has 182 valence electrons. The molecule has 2 atom stereocenters. The molecule has 1 amide bonds. The van der Waals surface area contributed by atoms with Crippen molar-refractivity contribution >= 4 is 21.8 Å². The second-order valence-electron chi connectivity index (χ2n) is 8.74. The number of carbonyl (C=O) groups is 1. The Bertz CT molecular complexity index is 1130. The van der Waals surface area contributed by atoms with E-state index in [1.165, 1.54) is 0 Å². The first-order valence-electron chi connectivity index (χ1n) is 11.8. The summed E-state index contributed by atoms with van der Waals surface area (Å²) in [6.45, 7) is 8.16. The van der Waals surface area contributed by atoms with Crippen LogP contribution < -0.4 is 9.46 Å². The molecule has 0 unspecified atom stereocenters. The van der Waals surface area contributed by atoms with Gasteiger partial charge in [-0.15, -0.1) is 0 Å². The van der Waals surface area contributed by atoms with Crippen molar-refractivity contribution in [3.05, 3.63) is 60.2 Å². The molecule has 2 aromatic carbocycles. The molecule has 0 radical (unpaired) electrons. The number of rotatable bonds is 8. The molecule has 34 heavy (non-hydrogen) atoms. The third-order valence-electron chi connectivity index (χ3n) is 6.47. The number of fused-ring (bicyclic) bond motifs is 1. The van der Waals surface area contributed by atoms with E-state index in [4.69, 9.17) is 4.74 Å². The highest BCUT2D eigenvalue weighted by Crippen LogP contribution is 2.24. The number of amidine groups is 1. The molecule has 0 aliphatic carbocycles. The fourth-order valence-electron chi connectivity index (χ4n) is 4.21. The fraction of sp³-hybridized carbons (Fsp3) is 0.440. The minimum absolute atomic E-state index is 0.0189. The highest BCUT2D eigenvalue weighted by molar-refractivity contribution is 7.90. The van der Waals surface area contributed by atoms with Crippen molar-refractivity contribution in [3.63, 3.8) is 0 Å². The third kappa shape index (κ3) is 5.42. The van der Waals surface area contributed by atoms with Gasteiger partial charge in [-0.3, -0.25) is 19.4 Å². The lowest BCUT2D eigenvalue weighted by atomic mass is 9.97. The molecule has 2 aliphatic heterocycles. The number of para-hydroxylation sites is 1. The second-order valence-corrected chi connectivity index (χ2v) is 10.4. The molecule has 4 rings (SSSR count). The van der Waals surface area contributed by atoms with E-state index in [9.17, 15) is 13.2 Å². The van der Waals surface area contributed by atoms with Crippen LogP contribution >= 0.6 is 0 Å². The Morgan fingerprint density at radius 2 is 1.74 bits per heavy atom. The highest BCUT2D eigenvalue weighted by atomic mass is 32.2. The molecule has 1 saturated heterocycles. The molecule has 0 saturated carbocycles. The standard InChI is InChI=1S/C25H32N4O4S/c1-3-19(2)23(26-24-21-11-7-8-12-22(21)34(31,32)27-24)25(30)29-15-13-28(14-16-29)17-18-33-20-9-5-4-6-10-20/h4-12,19,23H,3,13-18H2,1-2H3,(H,26,27)/t19-,23-/m0/s1. The zero-order valence-electron chi connectivity index (χ0n) is 19.7. The quantitative estimate of drug-likeness (QED) is 0.621. The van der Waals surface area contributed by atoms with Crippen LogP contribution in [0, 0.1) is 5.92 Å². The van der Waals surface area contributed by atoms with Crippen molar-refractivity contribution in [2.45, 2.75) is 31.2 Å². The van der Waals surface area contributed by atoms with Crippen molar-refractivity contribution < 1.29 is 17.9 Å². The second kappa shape index (κ2) is 10.6. The van der Waals surface area contributed by atoms with Crippen molar-refractivity contribution in [2.24, 2.45) is 10.9 Å². The maximum absolute atomic E-state index is 13.5. The van der Waals surface area contributed by atoms with Gasteiger partial charge < -0.3 is 9.64 Å². The number of benzene rings is 2. The van der Waals surface area contributed by atoms with Gasteiger partial charge in [0.15, 0.2) is 0 Å². The van der Waals surface area contributed by atoms with E-state index in [0.717, 1.165) is 31.8 Å². The molecule has 2 aromatic rings. The average Bonchev–Trinajstić information content (AvgIpc) is 3.12. The lowest BCUT2D eigenvalue weighted by molar-refractivity contribution is -0.135. The molecular weight excluding hydrogens is 452 g/mol. The van der Waals surface area contributed by atoms with Gasteiger partial charge in [0.2, 0.25) is 5.91 Å². The Morgan fingerprint density at radius 3 is 2.44 bits per heavy atom. The molecule has 2 heterocycles. The largest absolute Gasteiger partial charge is 0.492 e. The number of carbonyl (C=O) groups excluding carboxylic acids is 1. The van der Waals surface area contributed by atoms with E-state index in [1.807, 2.05) is 49.1 Å². The first-order valence-corrected chi connectivity index (χ1v) is 13.3. The summed E-state index contributed by atoms with van der Waals surface area (Å²) >= 11 is 0. The van der Waals surface area contributed by atoms with Gasteiger partial charge in [-0.1, -0.05) is 50.6 Å². The van der Waals surface area contributed by atoms with Crippen LogP contribution in [0.1, 0.15) is 25.8 Å². The van der Waals surface area contributed by atoms with Crippen LogP contribution in [-0.4, -0.2) is 75.3 Å². The fourth-order valence-corrected chi connectivity index (χ4v) is 5.45. The molecular formula is C25H32N4O4S. The summed E-state index contributed by atoms with van der Waals surface area (Å²) in [6.07, 6.45) is 0.762. The van der Waals surface area contributed by atoms with E-state index in [1.54, 1.807) is 24.3 Å². The molecule has 8 nitrogen and oxygen atoms in total. The van der Waals surface area contributed by atoms with Gasteiger partial charge in [0.05, 0.1) is 4.90 Å². The minimum atomic E-state index is -3.64. The third-order valence-corrected chi connectivity index (χ3v) is 7.87. The van der Waals surface area contributed by atoms with Crippen LogP contribution in [0.15, 0.2) is 64.5 Å². The van der Waals surface area contributed by atoms with Gasteiger partial charge >= 0.3 is 0 Å². The molecule has 2 aliphatic rings. The normalized spacial score (nSPS) is 20.4. The van der Waals surface area contributed by atoms with E-state index in [-0.39, 0.29) is 22.6 Å². The van der Waals surface area contributed by atoms with Gasteiger partial charge in [-0.05, 0) is 30.2 Å². The Balaban J connectivity index is 1.39. The first-order chi connectivity index (χ1) is 16.4. The summed E-state index contributed by atoms with van der Waals surface area (Å²) in [7, 11) is -3.64. The summed E-state index contributed by atoms with van der Waals surface area (Å²) < 4.78 is 33.3. The van der Waals surface area contributed by atoms with Crippen molar-refractivity contribution in [1.29, 1.82) is 0 Å². The maximum Gasteiger partial charge on any atom is 0.263 e. The number of amides is 1. The molecule has 1 N–H and O–H groups in total. The molecule has 0 aromatic heterocycles.